The number of urea groups is 1. The van der Waals surface area contributed by atoms with Crippen molar-refractivity contribution in [3.63, 3.8) is 0 Å². The Morgan fingerprint density at radius 1 is 1.22 bits per heavy atom. The predicted octanol–water partition coefficient (Wildman–Crippen LogP) is 4.86. The Kier molecular flexibility index (Phi) is 4.45. The highest BCUT2D eigenvalue weighted by Gasteiger charge is 2.06. The maximum atomic E-state index is 11.7. The van der Waals surface area contributed by atoms with Gasteiger partial charge in [0.05, 0.1) is 9.98 Å². The summed E-state index contributed by atoms with van der Waals surface area (Å²) in [6.07, 6.45) is 1.61. The number of carbonyl (C=O) groups excluding carboxylic acids is 1. The van der Waals surface area contributed by atoms with E-state index in [9.17, 15) is 4.79 Å². The summed E-state index contributed by atoms with van der Waals surface area (Å²) in [5.41, 5.74) is 0.514. The molecule has 0 atom stereocenters. The number of hydrogen-bond donors (Lipinski definition) is 2. The number of carbonyl (C=O) groups is 1. The molecular formula is C10H6BrCl2N3OS. The van der Waals surface area contributed by atoms with Crippen LogP contribution in [0.15, 0.2) is 28.2 Å². The largest absolute Gasteiger partial charge is 0.325 e. The highest BCUT2D eigenvalue weighted by Crippen LogP contribution is 2.24. The molecule has 0 fully saturated rings. The molecule has 1 aromatic carbocycles. The minimum Gasteiger partial charge on any atom is -0.308 e. The zero-order valence-corrected chi connectivity index (χ0v) is 12.6. The zero-order valence-electron chi connectivity index (χ0n) is 8.71. The van der Waals surface area contributed by atoms with Crippen molar-refractivity contribution in [3.05, 3.63) is 38.2 Å². The molecule has 0 saturated carbocycles. The molecule has 0 aliphatic rings. The first-order valence-electron chi connectivity index (χ1n) is 4.68. The van der Waals surface area contributed by atoms with Crippen LogP contribution in [-0.4, -0.2) is 11.0 Å². The summed E-state index contributed by atoms with van der Waals surface area (Å²) in [4.78, 5) is 15.6. The highest BCUT2D eigenvalue weighted by atomic mass is 79.9. The summed E-state index contributed by atoms with van der Waals surface area (Å²) in [5.74, 6) is 0. The quantitative estimate of drug-likeness (QED) is 0.797. The van der Waals surface area contributed by atoms with Gasteiger partial charge in [-0.1, -0.05) is 34.5 Å². The van der Waals surface area contributed by atoms with Gasteiger partial charge in [-0.05, 0) is 34.1 Å². The molecule has 1 heterocycles. The molecule has 0 radical (unpaired) electrons. The Morgan fingerprint density at radius 3 is 2.44 bits per heavy atom. The van der Waals surface area contributed by atoms with Crippen molar-refractivity contribution in [2.75, 3.05) is 10.6 Å². The Labute approximate surface area is 125 Å². The van der Waals surface area contributed by atoms with Gasteiger partial charge in [0.1, 0.15) is 0 Å². The molecule has 0 aliphatic carbocycles. The number of nitrogens with one attached hydrogen (secondary N) is 2. The number of rotatable bonds is 2. The molecule has 2 aromatic rings. The number of benzene rings is 1. The number of hydrogen-bond acceptors (Lipinski definition) is 3. The predicted molar refractivity (Wildman–Crippen MR) is 78.9 cm³/mol. The van der Waals surface area contributed by atoms with Crippen molar-refractivity contribution in [1.29, 1.82) is 0 Å². The van der Waals surface area contributed by atoms with Crippen LogP contribution in [0.25, 0.3) is 0 Å². The third kappa shape index (κ3) is 3.84. The smallest absolute Gasteiger partial charge is 0.308 e. The SMILES string of the molecule is O=C(Nc1cc(Cl)cc(Cl)c1)Nc1ncc(Br)s1. The lowest BCUT2D eigenvalue weighted by molar-refractivity contribution is 0.262. The molecule has 2 amide bonds. The maximum absolute atomic E-state index is 11.7. The van der Waals surface area contributed by atoms with E-state index in [2.05, 4.69) is 31.5 Å². The van der Waals surface area contributed by atoms with Crippen LogP contribution in [0.5, 0.6) is 0 Å². The van der Waals surface area contributed by atoms with E-state index in [1.54, 1.807) is 24.4 Å². The highest BCUT2D eigenvalue weighted by molar-refractivity contribution is 9.11. The Morgan fingerprint density at radius 2 is 1.89 bits per heavy atom. The van der Waals surface area contributed by atoms with Crippen molar-refractivity contribution < 1.29 is 4.79 Å². The molecule has 94 valence electrons. The van der Waals surface area contributed by atoms with E-state index in [-0.39, 0.29) is 0 Å². The average Bonchev–Trinajstić information content (AvgIpc) is 2.61. The second-order valence-corrected chi connectivity index (χ2v) is 6.49. The minimum atomic E-state index is -0.407. The fourth-order valence-electron chi connectivity index (χ4n) is 1.20. The van der Waals surface area contributed by atoms with E-state index in [4.69, 9.17) is 23.2 Å². The lowest BCUT2D eigenvalue weighted by Crippen LogP contribution is -2.19. The molecule has 4 nitrogen and oxygen atoms in total. The van der Waals surface area contributed by atoms with Crippen LogP contribution in [-0.2, 0) is 0 Å². The average molecular weight is 367 g/mol. The normalized spacial score (nSPS) is 10.2. The Balaban J connectivity index is 2.02. The number of halogens is 3. The molecule has 0 aliphatic heterocycles. The van der Waals surface area contributed by atoms with Gasteiger partial charge in [-0.25, -0.2) is 9.78 Å². The molecule has 1 aromatic heterocycles. The summed E-state index contributed by atoms with van der Waals surface area (Å²) in [6.45, 7) is 0. The van der Waals surface area contributed by atoms with Gasteiger partial charge in [-0.15, -0.1) is 0 Å². The maximum Gasteiger partial charge on any atom is 0.325 e. The lowest BCUT2D eigenvalue weighted by atomic mass is 10.3. The van der Waals surface area contributed by atoms with Gasteiger partial charge in [-0.2, -0.15) is 0 Å². The van der Waals surface area contributed by atoms with E-state index < -0.39 is 6.03 Å². The van der Waals surface area contributed by atoms with E-state index >= 15 is 0 Å². The zero-order chi connectivity index (χ0) is 13.1. The topological polar surface area (TPSA) is 54.0 Å². The molecule has 0 bridgehead atoms. The van der Waals surface area contributed by atoms with Gasteiger partial charge in [0, 0.05) is 15.7 Å². The monoisotopic (exact) mass is 365 g/mol. The van der Waals surface area contributed by atoms with E-state index in [0.29, 0.717) is 20.9 Å². The first kappa shape index (κ1) is 13.6. The third-order valence-electron chi connectivity index (χ3n) is 1.82. The second kappa shape index (κ2) is 5.88. The van der Waals surface area contributed by atoms with E-state index in [1.165, 1.54) is 11.3 Å². The molecule has 0 spiro atoms. The van der Waals surface area contributed by atoms with Crippen LogP contribution in [0.1, 0.15) is 0 Å². The van der Waals surface area contributed by atoms with Crippen molar-refractivity contribution in [2.24, 2.45) is 0 Å². The second-order valence-electron chi connectivity index (χ2n) is 3.21. The van der Waals surface area contributed by atoms with Crippen molar-refractivity contribution in [2.45, 2.75) is 0 Å². The van der Waals surface area contributed by atoms with Crippen molar-refractivity contribution in [1.82, 2.24) is 4.98 Å². The number of anilines is 2. The third-order valence-corrected chi connectivity index (χ3v) is 3.65. The summed E-state index contributed by atoms with van der Waals surface area (Å²) >= 11 is 16.2. The van der Waals surface area contributed by atoms with Crippen LogP contribution in [0, 0.1) is 0 Å². The Bertz CT molecular complexity index is 570. The molecule has 8 heteroatoms. The fourth-order valence-corrected chi connectivity index (χ4v) is 2.83. The number of thiazole rings is 1. The van der Waals surface area contributed by atoms with Crippen LogP contribution < -0.4 is 10.6 Å². The van der Waals surface area contributed by atoms with Gasteiger partial charge in [0.2, 0.25) is 0 Å². The first-order valence-corrected chi connectivity index (χ1v) is 7.05. The van der Waals surface area contributed by atoms with Gasteiger partial charge in [0.25, 0.3) is 0 Å². The molecule has 2 rings (SSSR count). The lowest BCUT2D eigenvalue weighted by Gasteiger charge is -2.06. The van der Waals surface area contributed by atoms with Gasteiger partial charge >= 0.3 is 6.03 Å². The Hall–Kier alpha value is -0.820. The number of amides is 2. The van der Waals surface area contributed by atoms with Crippen LogP contribution in [0.3, 0.4) is 0 Å². The van der Waals surface area contributed by atoms with Crippen LogP contribution in [0.4, 0.5) is 15.6 Å². The van der Waals surface area contributed by atoms with E-state index in [1.807, 2.05) is 0 Å². The molecule has 2 N–H and O–H groups in total. The molecule has 18 heavy (non-hydrogen) atoms. The summed E-state index contributed by atoms with van der Waals surface area (Å²) in [7, 11) is 0. The number of aromatic nitrogens is 1. The molecule has 0 saturated heterocycles. The van der Waals surface area contributed by atoms with Crippen molar-refractivity contribution >= 4 is 67.3 Å². The minimum absolute atomic E-state index is 0.407. The fraction of sp³-hybridized carbons (Fsp3) is 0. The van der Waals surface area contributed by atoms with E-state index in [0.717, 1.165) is 3.79 Å². The standard InChI is InChI=1S/C10H6BrCl2N3OS/c11-8-4-14-10(18-8)16-9(17)15-7-2-5(12)1-6(13)3-7/h1-4H,(H2,14,15,16,17). The van der Waals surface area contributed by atoms with Gasteiger partial charge in [0.15, 0.2) is 5.13 Å². The number of nitrogens with zero attached hydrogens (tertiary/aromatic N) is 1. The summed E-state index contributed by atoms with van der Waals surface area (Å²) < 4.78 is 0.837. The summed E-state index contributed by atoms with van der Waals surface area (Å²) in [5, 5.41) is 6.61. The van der Waals surface area contributed by atoms with Crippen LogP contribution in [0.2, 0.25) is 10.0 Å². The van der Waals surface area contributed by atoms with Crippen LogP contribution >= 0.6 is 50.5 Å². The molecule has 0 unspecified atom stereocenters. The summed E-state index contributed by atoms with van der Waals surface area (Å²) in [6, 6.07) is 4.38. The van der Waals surface area contributed by atoms with Gasteiger partial charge < -0.3 is 5.32 Å². The van der Waals surface area contributed by atoms with Crippen molar-refractivity contribution in [3.8, 4) is 0 Å². The van der Waals surface area contributed by atoms with Gasteiger partial charge in [-0.3, -0.25) is 5.32 Å². The first-order chi connectivity index (χ1) is 8.52. The molecular weight excluding hydrogens is 361 g/mol.